The van der Waals surface area contributed by atoms with Crippen LogP contribution < -0.4 is 0 Å². The zero-order chi connectivity index (χ0) is 25.6. The van der Waals surface area contributed by atoms with Crippen molar-refractivity contribution in [2.24, 2.45) is 34.0 Å². The van der Waals surface area contributed by atoms with Gasteiger partial charge in [-0.3, -0.25) is 9.59 Å². The van der Waals surface area contributed by atoms with Crippen molar-refractivity contribution < 1.29 is 24.5 Å². The Hall–Kier alpha value is -1.63. The molecule has 3 aliphatic rings. The molecule has 0 saturated heterocycles. The van der Waals surface area contributed by atoms with Crippen LogP contribution in [0.2, 0.25) is 0 Å². The number of carbonyl (C=O) groups is 2. The second-order valence-electron chi connectivity index (χ2n) is 11.7. The van der Waals surface area contributed by atoms with E-state index < -0.39 is 23.0 Å². The minimum absolute atomic E-state index is 0.0419. The molecule has 3 fully saturated rings. The number of carbonyl (C=O) groups excluding carboxylic acids is 2. The van der Waals surface area contributed by atoms with Crippen LogP contribution in [0, 0.1) is 34.0 Å². The second-order valence-corrected chi connectivity index (χ2v) is 12.7. The van der Waals surface area contributed by atoms with Crippen LogP contribution in [0.25, 0.3) is 0 Å². The maximum Gasteiger partial charge on any atom is 0.316 e. The lowest BCUT2D eigenvalue weighted by Gasteiger charge is -2.61. The fraction of sp³-hybridized carbons (Fsp3) is 0.655. The van der Waals surface area contributed by atoms with Gasteiger partial charge >= 0.3 is 5.97 Å². The highest BCUT2D eigenvalue weighted by Gasteiger charge is 2.68. The van der Waals surface area contributed by atoms with Gasteiger partial charge < -0.3 is 14.9 Å². The highest BCUT2D eigenvalue weighted by atomic mass is 32.2. The number of benzene rings is 1. The molecule has 3 saturated carbocycles. The third-order valence-electron chi connectivity index (χ3n) is 10.0. The molecule has 192 valence electrons. The Balaban J connectivity index is 1.66. The van der Waals surface area contributed by atoms with Gasteiger partial charge in [-0.15, -0.1) is 18.3 Å². The molecule has 0 unspecified atom stereocenters. The van der Waals surface area contributed by atoms with E-state index in [1.165, 1.54) is 11.8 Å². The van der Waals surface area contributed by atoms with Crippen molar-refractivity contribution in [3.63, 3.8) is 0 Å². The third kappa shape index (κ3) is 4.30. The molecule has 6 heteroatoms. The van der Waals surface area contributed by atoms with Crippen LogP contribution in [0.15, 0.2) is 41.8 Å². The molecule has 8 atom stereocenters. The molecule has 35 heavy (non-hydrogen) atoms. The van der Waals surface area contributed by atoms with E-state index in [2.05, 4.69) is 27.4 Å². The molecule has 5 nitrogen and oxygen atoms in total. The lowest BCUT2D eigenvalue weighted by atomic mass is 9.44. The SMILES string of the molecule is C=C[C@]1(C)C[C@@H](OC(=O)CSc2cccc(CO)c2)[C@]2(C)[C@H](C)CC[C@]3(CCC(=O)[C@@H]32)[C@@H](C)[C@@H]1O. The molecule has 0 spiro atoms. The first-order chi connectivity index (χ1) is 16.5. The van der Waals surface area contributed by atoms with E-state index in [1.54, 1.807) is 0 Å². The average Bonchev–Trinajstić information content (AvgIpc) is 3.21. The first-order valence-corrected chi connectivity index (χ1v) is 13.9. The van der Waals surface area contributed by atoms with Gasteiger partial charge in [0.1, 0.15) is 11.9 Å². The minimum atomic E-state index is -0.664. The standard InChI is InChI=1S/C29H40O5S/c1-6-27(4)15-23(34-24(32)17-35-21-9-7-8-20(14-21)16-30)28(5)18(2)10-12-29(19(3)26(27)33)13-11-22(31)25(28)29/h6-9,14,18-19,23,25-26,30,33H,1,10-13,15-17H2,2-5H3/t18-,19+,23-,25-,26+,27-,28+,29+/m1/s1. The summed E-state index contributed by atoms with van der Waals surface area (Å²) < 4.78 is 6.28. The van der Waals surface area contributed by atoms with Crippen LogP contribution in [0.5, 0.6) is 0 Å². The molecular weight excluding hydrogens is 460 g/mol. The number of rotatable bonds is 6. The van der Waals surface area contributed by atoms with Crippen molar-refractivity contribution in [1.82, 2.24) is 0 Å². The van der Waals surface area contributed by atoms with Crippen LogP contribution in [-0.4, -0.2) is 39.9 Å². The number of esters is 1. The Bertz CT molecular complexity index is 993. The Kier molecular flexibility index (Phi) is 7.31. The summed E-state index contributed by atoms with van der Waals surface area (Å²) in [7, 11) is 0. The largest absolute Gasteiger partial charge is 0.461 e. The average molecular weight is 501 g/mol. The Morgan fingerprint density at radius 3 is 2.71 bits per heavy atom. The highest BCUT2D eigenvalue weighted by Crippen LogP contribution is 2.68. The maximum atomic E-state index is 13.5. The third-order valence-corrected chi connectivity index (χ3v) is 11.0. The summed E-state index contributed by atoms with van der Waals surface area (Å²) in [5, 5.41) is 21.0. The van der Waals surface area contributed by atoms with Crippen LogP contribution in [-0.2, 0) is 20.9 Å². The lowest BCUT2D eigenvalue weighted by Crippen LogP contribution is -2.63. The minimum Gasteiger partial charge on any atom is -0.461 e. The van der Waals surface area contributed by atoms with Crippen molar-refractivity contribution in [2.75, 3.05) is 5.75 Å². The second kappa shape index (κ2) is 9.68. The van der Waals surface area contributed by atoms with Crippen molar-refractivity contribution in [2.45, 2.75) is 83.5 Å². The highest BCUT2D eigenvalue weighted by molar-refractivity contribution is 8.00. The number of aliphatic hydroxyl groups is 2. The fourth-order valence-corrected chi connectivity index (χ4v) is 8.33. The van der Waals surface area contributed by atoms with Crippen LogP contribution >= 0.6 is 11.8 Å². The lowest BCUT2D eigenvalue weighted by molar-refractivity contribution is -0.205. The first-order valence-electron chi connectivity index (χ1n) is 12.9. The summed E-state index contributed by atoms with van der Waals surface area (Å²) in [5.74, 6) is 0.0363. The molecule has 2 bridgehead atoms. The summed E-state index contributed by atoms with van der Waals surface area (Å²) in [6, 6.07) is 7.49. The molecule has 0 heterocycles. The molecule has 1 aromatic rings. The zero-order valence-electron chi connectivity index (χ0n) is 21.5. The molecule has 2 N–H and O–H groups in total. The number of thioether (sulfide) groups is 1. The Morgan fingerprint density at radius 1 is 1.29 bits per heavy atom. The van der Waals surface area contributed by atoms with E-state index in [1.807, 2.05) is 37.3 Å². The number of Topliss-reactive ketones (excluding diaryl/α,β-unsaturated/α-hetero) is 1. The summed E-state index contributed by atoms with van der Waals surface area (Å²) in [5.41, 5.74) is -0.601. The number of ether oxygens (including phenoxy) is 1. The van der Waals surface area contributed by atoms with E-state index in [4.69, 9.17) is 4.74 Å². The summed E-state index contributed by atoms with van der Waals surface area (Å²) in [4.78, 5) is 27.5. The van der Waals surface area contributed by atoms with Crippen molar-refractivity contribution >= 4 is 23.5 Å². The van der Waals surface area contributed by atoms with Crippen molar-refractivity contribution in [3.8, 4) is 0 Å². The molecular formula is C29H40O5S. The van der Waals surface area contributed by atoms with E-state index in [0.717, 1.165) is 29.7 Å². The van der Waals surface area contributed by atoms with E-state index in [9.17, 15) is 19.8 Å². The van der Waals surface area contributed by atoms with E-state index >= 15 is 0 Å². The molecule has 1 aromatic carbocycles. The topological polar surface area (TPSA) is 83.8 Å². The zero-order valence-corrected chi connectivity index (χ0v) is 22.3. The summed E-state index contributed by atoms with van der Waals surface area (Å²) >= 11 is 1.38. The number of hydrogen-bond acceptors (Lipinski definition) is 6. The van der Waals surface area contributed by atoms with Gasteiger partial charge in [0.15, 0.2) is 0 Å². The Labute approximate surface area is 213 Å². The molecule has 0 amide bonds. The normalized spacial score (nSPS) is 41.0. The van der Waals surface area contributed by atoms with E-state index in [0.29, 0.717) is 12.8 Å². The van der Waals surface area contributed by atoms with Crippen LogP contribution in [0.4, 0.5) is 0 Å². The fourth-order valence-electron chi connectivity index (χ4n) is 7.57. The smallest absolute Gasteiger partial charge is 0.316 e. The predicted octanol–water partition coefficient (Wildman–Crippen LogP) is 5.18. The number of hydrogen-bond donors (Lipinski definition) is 2. The summed E-state index contributed by atoms with van der Waals surface area (Å²) in [6.45, 7) is 12.5. The number of aliphatic hydroxyl groups excluding tert-OH is 2. The number of ketones is 1. The van der Waals surface area contributed by atoms with Gasteiger partial charge in [-0.25, -0.2) is 0 Å². The predicted molar refractivity (Wildman–Crippen MR) is 138 cm³/mol. The van der Waals surface area contributed by atoms with Gasteiger partial charge in [0.2, 0.25) is 0 Å². The maximum absolute atomic E-state index is 13.5. The monoisotopic (exact) mass is 500 g/mol. The van der Waals surface area contributed by atoms with Crippen molar-refractivity contribution in [3.05, 3.63) is 42.5 Å². The molecule has 0 aliphatic heterocycles. The molecule has 4 rings (SSSR count). The van der Waals surface area contributed by atoms with Gasteiger partial charge in [-0.1, -0.05) is 45.9 Å². The Morgan fingerprint density at radius 2 is 2.03 bits per heavy atom. The van der Waals surface area contributed by atoms with E-state index in [-0.39, 0.29) is 47.3 Å². The molecule has 0 radical (unpaired) electrons. The first kappa shape index (κ1) is 26.4. The molecule has 0 aromatic heterocycles. The van der Waals surface area contributed by atoms with Crippen LogP contribution in [0.1, 0.15) is 65.4 Å². The molecule has 3 aliphatic carbocycles. The van der Waals surface area contributed by atoms with Gasteiger partial charge in [0, 0.05) is 28.1 Å². The summed E-state index contributed by atoms with van der Waals surface area (Å²) in [6.07, 6.45) is 4.31. The van der Waals surface area contributed by atoms with Gasteiger partial charge in [-0.05, 0) is 60.6 Å². The van der Waals surface area contributed by atoms with Crippen LogP contribution in [0.3, 0.4) is 0 Å². The van der Waals surface area contributed by atoms with Gasteiger partial charge in [-0.2, -0.15) is 0 Å². The van der Waals surface area contributed by atoms with Gasteiger partial charge in [0.05, 0.1) is 18.5 Å². The quantitative estimate of drug-likeness (QED) is 0.318. The van der Waals surface area contributed by atoms with Gasteiger partial charge in [0.25, 0.3) is 0 Å². The van der Waals surface area contributed by atoms with Crippen molar-refractivity contribution in [1.29, 1.82) is 0 Å².